The van der Waals surface area contributed by atoms with Gasteiger partial charge < -0.3 is 20.3 Å². The number of amidine groups is 2. The standard InChI is InChI=1S/C25H17N3.C22H13N3.C3H6O.30H2/c1-3-5-6-7-8-9-10-11-12-13-14-15-16-17-18-19-25-27-22-24-28(25)23-21-26-20-4-2;1-2-3-4-5-6-7-8-9-10-11-12-13-14-15-16-17-22-24-19-21-25(22)20-18-23;1-2-3-4;;;;;;;;;;;;;;;;;;;;;;;;;;;;;;/h20H,4,21-24H2,1-2H3;18-21,23H2,1H3;3H,2H2,1H3;30*1H. The van der Waals surface area contributed by atoms with Crippen molar-refractivity contribution in [2.24, 2.45) is 20.7 Å². The van der Waals surface area contributed by atoms with E-state index in [0.717, 1.165) is 70.2 Å². The number of aliphatic imine (C=N–C) groups is 3. The molecule has 2 N–H and O–H groups in total. The van der Waals surface area contributed by atoms with Crippen molar-refractivity contribution in [3.05, 3.63) is 0 Å². The van der Waals surface area contributed by atoms with Gasteiger partial charge in [-0.15, -0.1) is 0 Å². The van der Waals surface area contributed by atoms with Crippen LogP contribution in [0.25, 0.3) is 0 Å². The summed E-state index contributed by atoms with van der Waals surface area (Å²) in [4.78, 5) is 26.3. The Hall–Kier alpha value is -8.80. The van der Waals surface area contributed by atoms with Crippen molar-refractivity contribution in [1.82, 2.24) is 9.80 Å². The van der Waals surface area contributed by atoms with Crippen LogP contribution in [0.2, 0.25) is 0 Å². The molecule has 7 nitrogen and oxygen atoms in total. The molecule has 0 fully saturated rings. The third-order valence-electron chi connectivity index (χ3n) is 5.46. The van der Waals surface area contributed by atoms with Gasteiger partial charge in [0.05, 0.1) is 19.6 Å². The molecule has 2 aliphatic rings. The predicted octanol–water partition coefficient (Wildman–Crippen LogP) is 8.91. The summed E-state index contributed by atoms with van der Waals surface area (Å²) in [5, 5.41) is 0. The fraction of sp³-hybridized carbons (Fsp3) is 0.280. The van der Waals surface area contributed by atoms with Crippen LogP contribution in [0.15, 0.2) is 15.0 Å². The van der Waals surface area contributed by atoms with Gasteiger partial charge in [0.15, 0.2) is 11.7 Å². The number of nitrogens with zero attached hydrogens (tertiary/aromatic N) is 5. The molecule has 0 unspecified atom stereocenters. The molecule has 0 radical (unpaired) electrons. The summed E-state index contributed by atoms with van der Waals surface area (Å²) in [5.41, 5.74) is 5.52. The van der Waals surface area contributed by atoms with E-state index in [-0.39, 0.29) is 42.8 Å². The molecule has 2 heterocycles. The molecule has 0 amide bonds. The molecule has 0 aromatic carbocycles. The van der Waals surface area contributed by atoms with Crippen LogP contribution in [0, 0.1) is 189 Å². The summed E-state index contributed by atoms with van der Waals surface area (Å²) in [5.74, 6) is 84.7. The Labute approximate surface area is 385 Å². The number of nitrogens with two attached hydrogens (primary N) is 1. The SMILES string of the molecule is CC#CC#CC#CC#CC#CC#CC#CC#CC1=NCCN1CCN.CC#CC#CC#CC#CC#CC#CC#CC#CC1=NCCN1CCN=CCC.CCC=O.[HH].[HH].[HH].[HH].[HH].[HH].[HH].[HH].[HH].[HH].[HH].[HH].[HH].[HH].[HH].[HH].[HH].[HH].[HH].[HH].[HH].[HH].[HH].[HH].[HH].[HH].[HH].[HH].[HH].[HH]. The highest BCUT2D eigenvalue weighted by Gasteiger charge is 2.14. The van der Waals surface area contributed by atoms with Crippen molar-refractivity contribution >= 4 is 24.2 Å². The zero-order chi connectivity index (χ0) is 41.5. The van der Waals surface area contributed by atoms with Crippen molar-refractivity contribution in [3.8, 4) is 189 Å². The highest BCUT2D eigenvalue weighted by atomic mass is 16.1. The smallest absolute Gasteiger partial charge is 0.177 e. The highest BCUT2D eigenvalue weighted by Crippen LogP contribution is 2.00. The maximum absolute atomic E-state index is 9.17. The zero-order valence-corrected chi connectivity index (χ0v) is 32.4. The molecule has 2 aliphatic heterocycles. The van der Waals surface area contributed by atoms with Crippen LogP contribution in [0.1, 0.15) is 83.3 Å². The molecular formula is C50H96N6O. The van der Waals surface area contributed by atoms with Crippen LogP contribution in [-0.4, -0.2) is 86.3 Å². The average Bonchev–Trinajstić information content (AvgIpc) is 3.88. The minimum atomic E-state index is 0. The lowest BCUT2D eigenvalue weighted by atomic mass is 10.4. The second kappa shape index (κ2) is 40.0. The van der Waals surface area contributed by atoms with Gasteiger partial charge in [0.1, 0.15) is 6.29 Å². The first-order valence-corrected chi connectivity index (χ1v) is 17.2. The van der Waals surface area contributed by atoms with Crippen molar-refractivity contribution in [2.75, 3.05) is 52.4 Å². The Balaban J connectivity index is -0.0000000176. The Morgan fingerprint density at radius 3 is 1.16 bits per heavy atom. The summed E-state index contributed by atoms with van der Waals surface area (Å²) in [6.45, 7) is 13.4. The van der Waals surface area contributed by atoms with E-state index in [9.17, 15) is 4.79 Å². The van der Waals surface area contributed by atoms with Crippen LogP contribution < -0.4 is 5.73 Å². The molecule has 0 bridgehead atoms. The van der Waals surface area contributed by atoms with Gasteiger partial charge in [-0.2, -0.15) is 0 Å². The van der Waals surface area contributed by atoms with Gasteiger partial charge in [-0.25, -0.2) is 0 Å². The number of hydrogen-bond donors (Lipinski definition) is 1. The lowest BCUT2D eigenvalue weighted by molar-refractivity contribution is -0.107. The largest absolute Gasteiger partial charge is 0.347 e. The first kappa shape index (κ1) is 48.2. The lowest BCUT2D eigenvalue weighted by Gasteiger charge is -2.14. The third-order valence-corrected chi connectivity index (χ3v) is 5.46. The Kier molecular flexibility index (Phi) is 33.8. The zero-order valence-electron chi connectivity index (χ0n) is 32.4. The number of hydrogen-bond acceptors (Lipinski definition) is 7. The maximum atomic E-state index is 9.17. The summed E-state index contributed by atoms with van der Waals surface area (Å²) in [7, 11) is 0. The van der Waals surface area contributed by atoms with Crippen LogP contribution in [-0.2, 0) is 4.79 Å². The normalized spacial score (nSPS) is 9.28. The monoisotopic (exact) mass is 797 g/mol. The van der Waals surface area contributed by atoms with E-state index < -0.39 is 0 Å². The lowest BCUT2D eigenvalue weighted by Crippen LogP contribution is -2.31. The van der Waals surface area contributed by atoms with Crippen LogP contribution >= 0.6 is 0 Å². The average molecular weight is 797 g/mol. The molecule has 7 heteroatoms. The number of rotatable bonds is 7. The van der Waals surface area contributed by atoms with Gasteiger partial charge in [-0.05, 0) is 204 Å². The Morgan fingerprint density at radius 1 is 0.544 bits per heavy atom. The fourth-order valence-corrected chi connectivity index (χ4v) is 3.24. The predicted molar refractivity (Wildman–Crippen MR) is 296 cm³/mol. The van der Waals surface area contributed by atoms with Crippen LogP contribution in [0.5, 0.6) is 0 Å². The molecule has 2 rings (SSSR count). The second-order valence-electron chi connectivity index (χ2n) is 9.50. The van der Waals surface area contributed by atoms with E-state index in [1.54, 1.807) is 13.8 Å². The van der Waals surface area contributed by atoms with Crippen molar-refractivity contribution in [1.29, 1.82) is 0 Å². The van der Waals surface area contributed by atoms with Gasteiger partial charge in [-0.3, -0.25) is 15.0 Å². The molecule has 0 aromatic rings. The molecule has 0 aliphatic carbocycles. The highest BCUT2D eigenvalue weighted by molar-refractivity contribution is 6.00. The summed E-state index contributed by atoms with van der Waals surface area (Å²) in [6, 6.07) is 0. The molecule has 0 saturated carbocycles. The summed E-state index contributed by atoms with van der Waals surface area (Å²) >= 11 is 0. The minimum Gasteiger partial charge on any atom is -0.347 e. The van der Waals surface area contributed by atoms with E-state index >= 15 is 0 Å². The van der Waals surface area contributed by atoms with Crippen LogP contribution in [0.4, 0.5) is 0 Å². The van der Waals surface area contributed by atoms with Crippen molar-refractivity contribution in [3.63, 3.8) is 0 Å². The minimum absolute atomic E-state index is 0. The molecule has 0 saturated heterocycles. The molecule has 0 spiro atoms. The van der Waals surface area contributed by atoms with E-state index in [1.807, 2.05) is 18.0 Å². The molecule has 0 atom stereocenters. The Morgan fingerprint density at radius 2 is 0.860 bits per heavy atom. The van der Waals surface area contributed by atoms with Gasteiger partial charge in [0.25, 0.3) is 0 Å². The van der Waals surface area contributed by atoms with Gasteiger partial charge >= 0.3 is 0 Å². The molecular weight excluding hydrogens is 701 g/mol. The van der Waals surface area contributed by atoms with E-state index in [1.165, 1.54) is 0 Å². The fourth-order valence-electron chi connectivity index (χ4n) is 3.24. The quantitative estimate of drug-likeness (QED) is 0.159. The number of carbonyl (C=O) groups is 1. The van der Waals surface area contributed by atoms with Crippen molar-refractivity contribution in [2.45, 2.75) is 40.5 Å². The van der Waals surface area contributed by atoms with Gasteiger partial charge in [0, 0.05) is 81.9 Å². The van der Waals surface area contributed by atoms with E-state index in [4.69, 9.17) is 5.73 Å². The first-order valence-electron chi connectivity index (χ1n) is 17.2. The van der Waals surface area contributed by atoms with E-state index in [2.05, 4.69) is 216 Å². The summed E-state index contributed by atoms with van der Waals surface area (Å²) < 4.78 is 0. The van der Waals surface area contributed by atoms with E-state index in [0.29, 0.717) is 13.0 Å². The molecule has 57 heavy (non-hydrogen) atoms. The number of aldehydes is 1. The number of carbonyl (C=O) groups excluding carboxylic acids is 1. The third kappa shape index (κ3) is 31.6. The molecule has 332 valence electrons. The van der Waals surface area contributed by atoms with Crippen molar-refractivity contribution < 1.29 is 47.6 Å². The van der Waals surface area contributed by atoms with Gasteiger partial charge in [-0.1, -0.05) is 25.7 Å². The first-order chi connectivity index (χ1) is 28.2. The topological polar surface area (TPSA) is 86.7 Å². The Bertz CT molecular complexity index is 2640. The second-order valence-corrected chi connectivity index (χ2v) is 9.50. The summed E-state index contributed by atoms with van der Waals surface area (Å²) in [6.07, 6.45) is 4.39. The van der Waals surface area contributed by atoms with Gasteiger partial charge in [0.2, 0.25) is 0 Å². The maximum Gasteiger partial charge on any atom is 0.177 e. The van der Waals surface area contributed by atoms with Crippen LogP contribution in [0.3, 0.4) is 0 Å². The molecule has 0 aromatic heterocycles.